The molecule has 0 spiro atoms. The van der Waals surface area contributed by atoms with Crippen LogP contribution in [0.15, 0.2) is 53.3 Å². The topological polar surface area (TPSA) is 16.1 Å². The maximum Gasteiger partial charge on any atom is 0.0271 e. The van der Waals surface area contributed by atoms with E-state index in [2.05, 4.69) is 69.1 Å². The van der Waals surface area contributed by atoms with Crippen LogP contribution in [0.3, 0.4) is 0 Å². The molecule has 0 saturated heterocycles. The summed E-state index contributed by atoms with van der Waals surface area (Å²) in [5.41, 5.74) is 2.65. The van der Waals surface area contributed by atoms with E-state index in [1.165, 1.54) is 11.1 Å². The molecule has 2 nitrogen and oxygen atoms in total. The molecule has 0 bridgehead atoms. The molecule has 18 heavy (non-hydrogen) atoms. The monoisotopic (exact) mass is 304 g/mol. The minimum absolute atomic E-state index is 0.967. The number of rotatable bonds is 5. The molecule has 0 radical (unpaired) electrons. The van der Waals surface area contributed by atoms with Crippen molar-refractivity contribution in [3.63, 3.8) is 0 Å². The summed E-state index contributed by atoms with van der Waals surface area (Å²) in [6.45, 7) is 5.18. The van der Waals surface area contributed by atoms with Crippen molar-refractivity contribution in [2.75, 3.05) is 6.54 Å². The van der Waals surface area contributed by atoms with E-state index in [1.807, 2.05) is 12.4 Å². The lowest BCUT2D eigenvalue weighted by molar-refractivity contribution is 0.271. The Bertz CT molecular complexity index is 468. The maximum absolute atomic E-state index is 4.05. The molecule has 0 atom stereocenters. The van der Waals surface area contributed by atoms with Gasteiger partial charge in [0.25, 0.3) is 0 Å². The van der Waals surface area contributed by atoms with Gasteiger partial charge >= 0.3 is 0 Å². The maximum atomic E-state index is 4.05. The van der Waals surface area contributed by atoms with Gasteiger partial charge in [0, 0.05) is 30.0 Å². The molecular formula is C15H17BrN2. The van der Waals surface area contributed by atoms with E-state index in [0.717, 1.165) is 24.1 Å². The Kier molecular flexibility index (Phi) is 4.90. The van der Waals surface area contributed by atoms with Crippen molar-refractivity contribution in [2.24, 2.45) is 0 Å². The van der Waals surface area contributed by atoms with Crippen molar-refractivity contribution >= 4 is 15.9 Å². The molecule has 0 fully saturated rings. The average molecular weight is 305 g/mol. The highest BCUT2D eigenvalue weighted by Crippen LogP contribution is 2.13. The number of hydrogen-bond donors (Lipinski definition) is 0. The summed E-state index contributed by atoms with van der Waals surface area (Å²) in [5.74, 6) is 0. The molecule has 0 saturated carbocycles. The first-order chi connectivity index (χ1) is 8.78. The third kappa shape index (κ3) is 3.93. The molecule has 1 aromatic heterocycles. The van der Waals surface area contributed by atoms with Crippen LogP contribution in [-0.4, -0.2) is 16.4 Å². The Morgan fingerprint density at radius 3 is 2.06 bits per heavy atom. The van der Waals surface area contributed by atoms with E-state index in [1.54, 1.807) is 0 Å². The molecule has 0 unspecified atom stereocenters. The second-order valence-corrected chi connectivity index (χ2v) is 5.20. The Morgan fingerprint density at radius 1 is 0.944 bits per heavy atom. The molecule has 0 amide bonds. The summed E-state index contributed by atoms with van der Waals surface area (Å²) in [5, 5.41) is 0. The van der Waals surface area contributed by atoms with Gasteiger partial charge in [0.1, 0.15) is 0 Å². The normalized spacial score (nSPS) is 10.8. The number of pyridine rings is 1. The standard InChI is InChI=1S/C15H17BrN2/c1-2-18(12-14-7-9-17-10-8-14)11-13-3-5-15(16)6-4-13/h3-10H,2,11-12H2,1H3. The third-order valence-electron chi connectivity index (χ3n) is 2.92. The van der Waals surface area contributed by atoms with Crippen LogP contribution in [0, 0.1) is 0 Å². The van der Waals surface area contributed by atoms with Crippen LogP contribution in [0.2, 0.25) is 0 Å². The Labute approximate surface area is 117 Å². The lowest BCUT2D eigenvalue weighted by Gasteiger charge is -2.20. The van der Waals surface area contributed by atoms with Crippen molar-refractivity contribution in [2.45, 2.75) is 20.0 Å². The van der Waals surface area contributed by atoms with Gasteiger partial charge in [0.05, 0.1) is 0 Å². The van der Waals surface area contributed by atoms with E-state index in [-0.39, 0.29) is 0 Å². The van der Waals surface area contributed by atoms with Gasteiger partial charge < -0.3 is 0 Å². The van der Waals surface area contributed by atoms with E-state index >= 15 is 0 Å². The number of benzene rings is 1. The van der Waals surface area contributed by atoms with Crippen molar-refractivity contribution in [1.29, 1.82) is 0 Å². The molecule has 0 aliphatic rings. The van der Waals surface area contributed by atoms with Crippen molar-refractivity contribution in [3.05, 3.63) is 64.4 Å². The highest BCUT2D eigenvalue weighted by molar-refractivity contribution is 9.10. The minimum atomic E-state index is 0.967. The van der Waals surface area contributed by atoms with Crippen molar-refractivity contribution < 1.29 is 0 Å². The van der Waals surface area contributed by atoms with Crippen LogP contribution >= 0.6 is 15.9 Å². The fourth-order valence-electron chi connectivity index (χ4n) is 1.87. The third-order valence-corrected chi connectivity index (χ3v) is 3.45. The quantitative estimate of drug-likeness (QED) is 0.833. The second-order valence-electron chi connectivity index (χ2n) is 4.29. The molecule has 0 aliphatic heterocycles. The molecule has 3 heteroatoms. The van der Waals surface area contributed by atoms with Crippen LogP contribution in [0.25, 0.3) is 0 Å². The van der Waals surface area contributed by atoms with Gasteiger partial charge in [-0.1, -0.05) is 35.0 Å². The largest absolute Gasteiger partial charge is 0.295 e. The SMILES string of the molecule is CCN(Cc1ccncc1)Cc1ccc(Br)cc1. The first-order valence-corrected chi connectivity index (χ1v) is 6.93. The van der Waals surface area contributed by atoms with Crippen molar-refractivity contribution in [1.82, 2.24) is 9.88 Å². The number of hydrogen-bond acceptors (Lipinski definition) is 2. The van der Waals surface area contributed by atoms with Crippen molar-refractivity contribution in [3.8, 4) is 0 Å². The highest BCUT2D eigenvalue weighted by Gasteiger charge is 2.04. The fraction of sp³-hybridized carbons (Fsp3) is 0.267. The first-order valence-electron chi connectivity index (χ1n) is 6.13. The smallest absolute Gasteiger partial charge is 0.0271 e. The number of aromatic nitrogens is 1. The van der Waals surface area contributed by atoms with Gasteiger partial charge in [0.2, 0.25) is 0 Å². The van der Waals surface area contributed by atoms with E-state index in [4.69, 9.17) is 0 Å². The van der Waals surface area contributed by atoms with Gasteiger partial charge in [-0.3, -0.25) is 9.88 Å². The van der Waals surface area contributed by atoms with Gasteiger partial charge in [0.15, 0.2) is 0 Å². The minimum Gasteiger partial charge on any atom is -0.295 e. The summed E-state index contributed by atoms with van der Waals surface area (Å²) < 4.78 is 1.13. The van der Waals surface area contributed by atoms with Gasteiger partial charge in [-0.2, -0.15) is 0 Å². The lowest BCUT2D eigenvalue weighted by atomic mass is 10.2. The average Bonchev–Trinajstić information content (AvgIpc) is 2.41. The molecule has 0 N–H and O–H groups in total. The predicted octanol–water partition coefficient (Wildman–Crippen LogP) is 3.87. The summed E-state index contributed by atoms with van der Waals surface area (Å²) in [6.07, 6.45) is 3.70. The van der Waals surface area contributed by atoms with Gasteiger partial charge in [-0.05, 0) is 41.9 Å². The molecule has 0 aliphatic carbocycles. The summed E-state index contributed by atoms with van der Waals surface area (Å²) in [6, 6.07) is 12.7. The molecule has 94 valence electrons. The zero-order chi connectivity index (χ0) is 12.8. The molecule has 2 aromatic rings. The Hall–Kier alpha value is -1.19. The zero-order valence-electron chi connectivity index (χ0n) is 10.5. The van der Waals surface area contributed by atoms with Crippen LogP contribution < -0.4 is 0 Å². The van der Waals surface area contributed by atoms with Crippen LogP contribution in [0.1, 0.15) is 18.1 Å². The molecule has 1 aromatic carbocycles. The Balaban J connectivity index is 1.99. The number of nitrogens with zero attached hydrogens (tertiary/aromatic N) is 2. The zero-order valence-corrected chi connectivity index (χ0v) is 12.1. The fourth-order valence-corrected chi connectivity index (χ4v) is 2.14. The van der Waals surface area contributed by atoms with Gasteiger partial charge in [-0.25, -0.2) is 0 Å². The molecular weight excluding hydrogens is 288 g/mol. The second kappa shape index (κ2) is 6.66. The lowest BCUT2D eigenvalue weighted by Crippen LogP contribution is -2.22. The summed E-state index contributed by atoms with van der Waals surface area (Å²) in [7, 11) is 0. The summed E-state index contributed by atoms with van der Waals surface area (Å²) >= 11 is 3.46. The van der Waals surface area contributed by atoms with Crippen LogP contribution in [-0.2, 0) is 13.1 Å². The first kappa shape index (κ1) is 13.2. The van der Waals surface area contributed by atoms with Crippen LogP contribution in [0.5, 0.6) is 0 Å². The number of halogens is 1. The Morgan fingerprint density at radius 2 is 1.50 bits per heavy atom. The van der Waals surface area contributed by atoms with E-state index < -0.39 is 0 Å². The van der Waals surface area contributed by atoms with E-state index in [9.17, 15) is 0 Å². The predicted molar refractivity (Wildman–Crippen MR) is 78.2 cm³/mol. The van der Waals surface area contributed by atoms with Gasteiger partial charge in [-0.15, -0.1) is 0 Å². The van der Waals surface area contributed by atoms with E-state index in [0.29, 0.717) is 0 Å². The summed E-state index contributed by atoms with van der Waals surface area (Å²) in [4.78, 5) is 6.46. The van der Waals surface area contributed by atoms with Crippen LogP contribution in [0.4, 0.5) is 0 Å². The molecule has 2 rings (SSSR count). The highest BCUT2D eigenvalue weighted by atomic mass is 79.9. The molecule has 1 heterocycles.